The van der Waals surface area contributed by atoms with E-state index >= 15 is 0 Å². The maximum absolute atomic E-state index is 13.2. The van der Waals surface area contributed by atoms with Gasteiger partial charge in [0.15, 0.2) is 0 Å². The van der Waals surface area contributed by atoms with Gasteiger partial charge in [0, 0.05) is 25.5 Å². The Balaban J connectivity index is 1.51. The number of hydrogen-bond acceptors (Lipinski definition) is 2. The fourth-order valence-corrected chi connectivity index (χ4v) is 3.75. The standard InChI is InChI=1S/C21H24N4O/c1-17-13-22-24(14-17)16-19-9-5-12-25(19)21(26)20-10-6-11-23(20)15-18-7-3-2-4-8-18/h2-4,6-8,10-11,13-14,19H,5,9,12,15-16H2,1H3/t19-/m1/s1. The van der Waals surface area contributed by atoms with Crippen molar-refractivity contribution < 1.29 is 4.79 Å². The van der Waals surface area contributed by atoms with E-state index in [-0.39, 0.29) is 11.9 Å². The molecule has 1 atom stereocenters. The molecule has 0 unspecified atom stereocenters. The van der Waals surface area contributed by atoms with E-state index in [4.69, 9.17) is 0 Å². The second-order valence-corrected chi connectivity index (χ2v) is 7.04. The summed E-state index contributed by atoms with van der Waals surface area (Å²) in [4.78, 5) is 15.2. The number of nitrogens with zero attached hydrogens (tertiary/aromatic N) is 4. The number of likely N-dealkylation sites (tertiary alicyclic amines) is 1. The van der Waals surface area contributed by atoms with Crippen LogP contribution in [0.25, 0.3) is 0 Å². The molecule has 5 nitrogen and oxygen atoms in total. The number of aryl methyl sites for hydroxylation is 1. The Hall–Kier alpha value is -2.82. The van der Waals surface area contributed by atoms with Gasteiger partial charge < -0.3 is 9.47 Å². The van der Waals surface area contributed by atoms with Crippen LogP contribution in [0.15, 0.2) is 61.1 Å². The van der Waals surface area contributed by atoms with Crippen molar-refractivity contribution in [3.63, 3.8) is 0 Å². The predicted octanol–water partition coefficient (Wildman–Crippen LogP) is 3.35. The number of carbonyl (C=O) groups is 1. The monoisotopic (exact) mass is 348 g/mol. The van der Waals surface area contributed by atoms with E-state index < -0.39 is 0 Å². The maximum atomic E-state index is 13.2. The minimum absolute atomic E-state index is 0.123. The van der Waals surface area contributed by atoms with Crippen molar-refractivity contribution in [2.45, 2.75) is 38.9 Å². The summed E-state index contributed by atoms with van der Waals surface area (Å²) >= 11 is 0. The molecule has 26 heavy (non-hydrogen) atoms. The lowest BCUT2D eigenvalue weighted by Crippen LogP contribution is -2.39. The first-order valence-corrected chi connectivity index (χ1v) is 9.20. The first-order chi connectivity index (χ1) is 12.7. The largest absolute Gasteiger partial charge is 0.339 e. The molecule has 0 spiro atoms. The fourth-order valence-electron chi connectivity index (χ4n) is 3.75. The number of carbonyl (C=O) groups excluding carboxylic acids is 1. The molecule has 5 heteroatoms. The van der Waals surface area contributed by atoms with Crippen LogP contribution in [0.2, 0.25) is 0 Å². The Morgan fingerprint density at radius 3 is 2.81 bits per heavy atom. The van der Waals surface area contributed by atoms with E-state index in [0.717, 1.165) is 37.2 Å². The zero-order valence-electron chi connectivity index (χ0n) is 15.1. The summed E-state index contributed by atoms with van der Waals surface area (Å²) in [6.07, 6.45) is 7.98. The van der Waals surface area contributed by atoms with Crippen molar-refractivity contribution in [1.82, 2.24) is 19.2 Å². The lowest BCUT2D eigenvalue weighted by atomic mass is 10.2. The SMILES string of the molecule is Cc1cnn(C[C@H]2CCCN2C(=O)c2cccn2Cc2ccccc2)c1. The zero-order valence-corrected chi connectivity index (χ0v) is 15.1. The van der Waals surface area contributed by atoms with Gasteiger partial charge in [-0.1, -0.05) is 30.3 Å². The molecule has 2 aromatic heterocycles. The van der Waals surface area contributed by atoms with Crippen LogP contribution in [0.3, 0.4) is 0 Å². The van der Waals surface area contributed by atoms with Crippen LogP contribution in [0.4, 0.5) is 0 Å². The Kier molecular flexibility index (Phi) is 4.61. The molecule has 1 aliphatic rings. The van der Waals surface area contributed by atoms with Gasteiger partial charge in [0.05, 0.1) is 18.8 Å². The molecule has 3 aromatic rings. The lowest BCUT2D eigenvalue weighted by molar-refractivity contribution is 0.0711. The van der Waals surface area contributed by atoms with Crippen molar-refractivity contribution in [1.29, 1.82) is 0 Å². The van der Waals surface area contributed by atoms with E-state index in [1.165, 1.54) is 5.56 Å². The number of benzene rings is 1. The van der Waals surface area contributed by atoms with Gasteiger partial charge >= 0.3 is 0 Å². The topological polar surface area (TPSA) is 43.1 Å². The first kappa shape index (κ1) is 16.6. The van der Waals surface area contributed by atoms with Crippen molar-refractivity contribution in [2.75, 3.05) is 6.54 Å². The van der Waals surface area contributed by atoms with Crippen LogP contribution in [0.5, 0.6) is 0 Å². The summed E-state index contributed by atoms with van der Waals surface area (Å²) in [5, 5.41) is 4.38. The van der Waals surface area contributed by atoms with E-state index in [9.17, 15) is 4.79 Å². The van der Waals surface area contributed by atoms with Crippen LogP contribution in [-0.2, 0) is 13.1 Å². The highest BCUT2D eigenvalue weighted by molar-refractivity contribution is 5.93. The fraction of sp³-hybridized carbons (Fsp3) is 0.333. The molecular formula is C21H24N4O. The zero-order chi connectivity index (χ0) is 17.9. The van der Waals surface area contributed by atoms with Gasteiger partial charge in [-0.05, 0) is 43.0 Å². The average molecular weight is 348 g/mol. The van der Waals surface area contributed by atoms with Crippen LogP contribution in [0.1, 0.15) is 34.5 Å². The third-order valence-electron chi connectivity index (χ3n) is 5.04. The Morgan fingerprint density at radius 1 is 1.19 bits per heavy atom. The highest BCUT2D eigenvalue weighted by Gasteiger charge is 2.31. The second kappa shape index (κ2) is 7.20. The first-order valence-electron chi connectivity index (χ1n) is 9.20. The molecule has 134 valence electrons. The molecule has 0 N–H and O–H groups in total. The van der Waals surface area contributed by atoms with E-state index in [0.29, 0.717) is 6.54 Å². The third-order valence-corrected chi connectivity index (χ3v) is 5.04. The normalized spacial score (nSPS) is 17.0. The Labute approximate surface area is 153 Å². The van der Waals surface area contributed by atoms with E-state index in [1.807, 2.05) is 70.0 Å². The Morgan fingerprint density at radius 2 is 2.04 bits per heavy atom. The molecule has 3 heterocycles. The molecule has 1 aromatic carbocycles. The summed E-state index contributed by atoms with van der Waals surface area (Å²) in [7, 11) is 0. The van der Waals surface area contributed by atoms with Gasteiger partial charge in [-0.25, -0.2) is 0 Å². The van der Waals surface area contributed by atoms with Gasteiger partial charge in [-0.3, -0.25) is 9.48 Å². The molecule has 1 saturated heterocycles. The highest BCUT2D eigenvalue weighted by Crippen LogP contribution is 2.22. The third kappa shape index (κ3) is 3.43. The summed E-state index contributed by atoms with van der Waals surface area (Å²) in [5.74, 6) is 0.123. The molecule has 1 fully saturated rings. The van der Waals surface area contributed by atoms with Gasteiger partial charge in [0.1, 0.15) is 5.69 Å². The van der Waals surface area contributed by atoms with Gasteiger partial charge in [-0.2, -0.15) is 5.10 Å². The number of hydrogen-bond donors (Lipinski definition) is 0. The van der Waals surface area contributed by atoms with Crippen LogP contribution < -0.4 is 0 Å². The van der Waals surface area contributed by atoms with Crippen molar-refractivity contribution >= 4 is 5.91 Å². The highest BCUT2D eigenvalue weighted by atomic mass is 16.2. The molecular weight excluding hydrogens is 324 g/mol. The van der Waals surface area contributed by atoms with Gasteiger partial charge in [0.2, 0.25) is 0 Å². The molecule has 4 rings (SSSR count). The molecule has 0 bridgehead atoms. The molecule has 0 radical (unpaired) electrons. The smallest absolute Gasteiger partial charge is 0.270 e. The van der Waals surface area contributed by atoms with Gasteiger partial charge in [0.25, 0.3) is 5.91 Å². The van der Waals surface area contributed by atoms with Crippen molar-refractivity contribution in [3.8, 4) is 0 Å². The predicted molar refractivity (Wildman–Crippen MR) is 101 cm³/mol. The summed E-state index contributed by atoms with van der Waals surface area (Å²) in [6, 6.07) is 14.3. The summed E-state index contributed by atoms with van der Waals surface area (Å²) in [5.41, 5.74) is 3.11. The minimum atomic E-state index is 0.123. The number of amides is 1. The number of rotatable bonds is 5. The lowest BCUT2D eigenvalue weighted by Gasteiger charge is -2.25. The summed E-state index contributed by atoms with van der Waals surface area (Å²) < 4.78 is 4.00. The average Bonchev–Trinajstić information content (AvgIpc) is 3.38. The quantitative estimate of drug-likeness (QED) is 0.710. The second-order valence-electron chi connectivity index (χ2n) is 7.04. The van der Waals surface area contributed by atoms with Crippen molar-refractivity contribution in [3.05, 3.63) is 77.9 Å². The van der Waals surface area contributed by atoms with E-state index in [2.05, 4.69) is 17.2 Å². The molecule has 0 aliphatic carbocycles. The van der Waals surface area contributed by atoms with E-state index in [1.54, 1.807) is 0 Å². The van der Waals surface area contributed by atoms with Crippen molar-refractivity contribution in [2.24, 2.45) is 0 Å². The molecule has 1 aliphatic heterocycles. The molecule has 1 amide bonds. The van der Waals surface area contributed by atoms with Crippen LogP contribution >= 0.6 is 0 Å². The van der Waals surface area contributed by atoms with Crippen LogP contribution in [-0.4, -0.2) is 37.7 Å². The van der Waals surface area contributed by atoms with Crippen LogP contribution in [0, 0.1) is 6.92 Å². The minimum Gasteiger partial charge on any atom is -0.339 e. The summed E-state index contributed by atoms with van der Waals surface area (Å²) in [6.45, 7) is 4.34. The number of aromatic nitrogens is 3. The van der Waals surface area contributed by atoms with Gasteiger partial charge in [-0.15, -0.1) is 0 Å². The Bertz CT molecular complexity index is 880. The molecule has 0 saturated carbocycles. The maximum Gasteiger partial charge on any atom is 0.270 e.